The first kappa shape index (κ1) is 41.4. The largest absolute Gasteiger partial charge is 0.504 e. The van der Waals surface area contributed by atoms with Gasteiger partial charge in [-0.25, -0.2) is 10.1 Å². The zero-order chi connectivity index (χ0) is 40.1. The van der Waals surface area contributed by atoms with E-state index in [1.807, 2.05) is 0 Å². The Hall–Kier alpha value is -5.79. The van der Waals surface area contributed by atoms with Gasteiger partial charge in [0.25, 0.3) is 10.1 Å². The van der Waals surface area contributed by atoms with Crippen molar-refractivity contribution in [3.63, 3.8) is 0 Å². The van der Waals surface area contributed by atoms with E-state index in [1.54, 1.807) is 65.6 Å². The maximum Gasteiger partial charge on any atom is 0.337 e. The Kier molecular flexibility index (Phi) is 14.5. The van der Waals surface area contributed by atoms with Gasteiger partial charge in [0.1, 0.15) is 5.69 Å². The van der Waals surface area contributed by atoms with Crippen LogP contribution in [0.2, 0.25) is 0 Å². The van der Waals surface area contributed by atoms with Gasteiger partial charge in [0.05, 0.1) is 40.5 Å². The molecule has 0 bridgehead atoms. The van der Waals surface area contributed by atoms with Gasteiger partial charge in [-0.05, 0) is 42.5 Å². The molecule has 0 spiro atoms. The number of phenols is 1. The molecule has 0 radical (unpaired) electrons. The van der Waals surface area contributed by atoms with Crippen molar-refractivity contribution in [1.29, 1.82) is 0 Å². The molecule has 292 valence electrons. The van der Waals surface area contributed by atoms with E-state index in [2.05, 4.69) is 50.4 Å². The number of phenolic OH excluding ortho intramolecular Hbond substituents is 1. The fourth-order valence-electron chi connectivity index (χ4n) is 4.68. The minimum atomic E-state index is -4.94. The quantitative estimate of drug-likeness (QED) is 0.00591. The van der Waals surface area contributed by atoms with Gasteiger partial charge in [-0.15, -0.1) is 14.6 Å². The molecule has 5 aromatic rings. The standard InChI is InChI=1S/C33H30FN9O10S3/c34-31-36-32(38-33(37-31)43(13-15-54-16-14-44)21-9-5-2-6-10-21)35-26-18-23(56(49,50)51)19-27(28(26)45)40-42-29(20-7-3-1-4-8-20)41-39-25-17-22(55-53-52-48)11-12-24(25)30(46)47/h1-12,17-19,39,44-45,48H,13-16H2,(H,46,47)(H,49,50,51)(H,35,36,37,38). The highest BCUT2D eigenvalue weighted by Crippen LogP contribution is 2.39. The highest BCUT2D eigenvalue weighted by molar-refractivity contribution is 7.99. The molecule has 5 rings (SSSR count). The van der Waals surface area contributed by atoms with Crippen molar-refractivity contribution in [2.45, 2.75) is 9.79 Å². The van der Waals surface area contributed by atoms with Crippen molar-refractivity contribution < 1.29 is 52.1 Å². The molecular formula is C33H30FN9O10S3. The summed E-state index contributed by atoms with van der Waals surface area (Å²) in [7, 11) is -4.94. The number of azo groups is 1. The molecule has 19 nitrogen and oxygen atoms in total. The van der Waals surface area contributed by atoms with Crippen LogP contribution in [-0.2, 0) is 19.5 Å². The average Bonchev–Trinajstić information content (AvgIpc) is 3.18. The summed E-state index contributed by atoms with van der Waals surface area (Å²) in [6.45, 7) is 0.261. The summed E-state index contributed by atoms with van der Waals surface area (Å²) >= 11 is 2.01. The Morgan fingerprint density at radius 2 is 1.68 bits per heavy atom. The van der Waals surface area contributed by atoms with E-state index in [1.165, 1.54) is 30.0 Å². The fraction of sp³-hybridized carbons (Fsp3) is 0.121. The Morgan fingerprint density at radius 3 is 2.36 bits per heavy atom. The lowest BCUT2D eigenvalue weighted by molar-refractivity contribution is -0.432. The SMILES string of the molecule is O=C(O)c1ccc(SOOO)cc1NN=C(N=Nc1cc(S(=O)(=O)O)cc(Nc2nc(F)nc(N(CCSCCO)c3ccccc3)n2)c1O)c1ccccc1. The van der Waals surface area contributed by atoms with Crippen molar-refractivity contribution in [2.75, 3.05) is 40.3 Å². The maximum absolute atomic E-state index is 14.9. The highest BCUT2D eigenvalue weighted by atomic mass is 32.2. The fourth-order valence-corrected chi connectivity index (χ4v) is 6.25. The summed E-state index contributed by atoms with van der Waals surface area (Å²) in [6, 6.07) is 22.5. The molecule has 7 N–H and O–H groups in total. The van der Waals surface area contributed by atoms with Crippen LogP contribution in [0.4, 0.5) is 39.0 Å². The third-order valence-corrected chi connectivity index (χ3v) is 9.51. The van der Waals surface area contributed by atoms with Crippen molar-refractivity contribution in [2.24, 2.45) is 15.3 Å². The highest BCUT2D eigenvalue weighted by Gasteiger charge is 2.21. The summed E-state index contributed by atoms with van der Waals surface area (Å²) in [5.41, 5.74) is 2.32. The predicted molar refractivity (Wildman–Crippen MR) is 204 cm³/mol. The van der Waals surface area contributed by atoms with Crippen LogP contribution in [0, 0.1) is 6.08 Å². The number of anilines is 5. The second-order valence-electron chi connectivity index (χ2n) is 10.8. The van der Waals surface area contributed by atoms with Gasteiger partial charge < -0.3 is 25.5 Å². The minimum Gasteiger partial charge on any atom is -0.504 e. The van der Waals surface area contributed by atoms with Crippen molar-refractivity contribution in [3.05, 3.63) is 108 Å². The number of aromatic nitrogens is 3. The molecule has 0 amide bonds. The van der Waals surface area contributed by atoms with E-state index in [0.717, 1.165) is 12.1 Å². The van der Waals surface area contributed by atoms with Crippen LogP contribution in [0.1, 0.15) is 15.9 Å². The first-order chi connectivity index (χ1) is 27.0. The number of para-hydroxylation sites is 1. The third kappa shape index (κ3) is 11.4. The summed E-state index contributed by atoms with van der Waals surface area (Å²) < 4.78 is 54.0. The number of rotatable bonds is 18. The van der Waals surface area contributed by atoms with Gasteiger partial charge in [0, 0.05) is 34.2 Å². The number of nitrogens with zero attached hydrogens (tertiary/aromatic N) is 7. The van der Waals surface area contributed by atoms with Crippen molar-refractivity contribution in [1.82, 2.24) is 15.0 Å². The summed E-state index contributed by atoms with van der Waals surface area (Å²) in [4.78, 5) is 24.8. The van der Waals surface area contributed by atoms with Gasteiger partial charge in [-0.1, -0.05) is 53.6 Å². The van der Waals surface area contributed by atoms with Gasteiger partial charge >= 0.3 is 12.0 Å². The van der Waals surface area contributed by atoms with Crippen LogP contribution >= 0.6 is 23.8 Å². The van der Waals surface area contributed by atoms with E-state index >= 15 is 0 Å². The number of nitrogens with one attached hydrogen (secondary N) is 2. The number of amidine groups is 1. The number of benzene rings is 4. The molecule has 0 unspecified atom stereocenters. The van der Waals surface area contributed by atoms with Gasteiger partial charge in [-0.3, -0.25) is 9.98 Å². The first-order valence-electron chi connectivity index (χ1n) is 15.8. The molecule has 4 aromatic carbocycles. The molecular weight excluding hydrogens is 798 g/mol. The lowest BCUT2D eigenvalue weighted by atomic mass is 10.2. The molecule has 0 saturated carbocycles. The van der Waals surface area contributed by atoms with Crippen molar-refractivity contribution >= 4 is 80.4 Å². The number of hydrogen-bond acceptors (Lipinski definition) is 18. The van der Waals surface area contributed by atoms with Gasteiger partial charge in [0.2, 0.25) is 17.7 Å². The summed E-state index contributed by atoms with van der Waals surface area (Å²) in [5.74, 6) is -1.86. The molecule has 1 aromatic heterocycles. The number of halogens is 1. The Bertz CT molecular complexity index is 2310. The number of carboxylic acid groups (broad SMARTS) is 1. The van der Waals surface area contributed by atoms with Gasteiger partial charge in [-0.2, -0.15) is 44.6 Å². The molecule has 56 heavy (non-hydrogen) atoms. The Morgan fingerprint density at radius 1 is 0.946 bits per heavy atom. The molecule has 0 aliphatic rings. The zero-order valence-electron chi connectivity index (χ0n) is 28.5. The molecule has 0 atom stereocenters. The zero-order valence-corrected chi connectivity index (χ0v) is 30.9. The third-order valence-electron chi connectivity index (χ3n) is 7.16. The molecule has 0 aliphatic heterocycles. The first-order valence-corrected chi connectivity index (χ1v) is 19.2. The number of hydrogen-bond donors (Lipinski definition) is 7. The Labute approximate surface area is 325 Å². The lowest BCUT2D eigenvalue weighted by Crippen LogP contribution is -2.24. The van der Waals surface area contributed by atoms with Crippen LogP contribution in [0.3, 0.4) is 0 Å². The number of carbonyl (C=O) groups is 1. The molecule has 1 heterocycles. The number of thioether (sulfide) groups is 1. The number of carboxylic acids is 1. The molecule has 0 fully saturated rings. The summed E-state index contributed by atoms with van der Waals surface area (Å²) in [6.07, 6.45) is -1.22. The normalized spacial score (nSPS) is 11.8. The smallest absolute Gasteiger partial charge is 0.337 e. The van der Waals surface area contributed by atoms with Crippen LogP contribution in [-0.4, -0.2) is 85.0 Å². The van der Waals surface area contributed by atoms with Crippen molar-refractivity contribution in [3.8, 4) is 5.75 Å². The van der Waals surface area contributed by atoms with Gasteiger partial charge in [0.15, 0.2) is 5.75 Å². The van der Waals surface area contributed by atoms with Crippen LogP contribution < -0.4 is 15.6 Å². The molecule has 23 heteroatoms. The van der Waals surface area contributed by atoms with E-state index in [4.69, 9.17) is 5.26 Å². The van der Waals surface area contributed by atoms with E-state index in [-0.39, 0.29) is 29.6 Å². The van der Waals surface area contributed by atoms with Crippen LogP contribution in [0.5, 0.6) is 5.75 Å². The monoisotopic (exact) mass is 827 g/mol. The molecule has 0 aliphatic carbocycles. The number of aliphatic hydroxyl groups excluding tert-OH is 1. The second-order valence-corrected chi connectivity index (χ2v) is 14.3. The minimum absolute atomic E-state index is 0.0315. The topological polar surface area (TPSA) is 274 Å². The van der Waals surface area contributed by atoms with E-state index < -0.39 is 50.1 Å². The van der Waals surface area contributed by atoms with Crippen LogP contribution in [0.25, 0.3) is 0 Å². The van der Waals surface area contributed by atoms with E-state index in [0.29, 0.717) is 46.2 Å². The van der Waals surface area contributed by atoms with Crippen LogP contribution in [0.15, 0.2) is 116 Å². The van der Waals surface area contributed by atoms with E-state index in [9.17, 15) is 37.5 Å². The average molecular weight is 828 g/mol. The Balaban J connectivity index is 1.53. The molecule has 0 saturated heterocycles. The number of aliphatic hydroxyl groups is 1. The number of aromatic hydroxyl groups is 1. The second kappa shape index (κ2) is 19.7. The summed E-state index contributed by atoms with van der Waals surface area (Å²) in [5, 5.41) is 57.0. The predicted octanol–water partition coefficient (Wildman–Crippen LogP) is 6.25. The number of hydrazone groups is 1. The number of aromatic carboxylic acids is 1. The maximum atomic E-state index is 14.9. The lowest BCUT2D eigenvalue weighted by Gasteiger charge is -2.23.